The Bertz CT molecular complexity index is 1990. The van der Waals surface area contributed by atoms with Crippen molar-refractivity contribution in [3.8, 4) is 11.5 Å². The van der Waals surface area contributed by atoms with Crippen LogP contribution in [-0.2, 0) is 38.2 Å². The van der Waals surface area contributed by atoms with E-state index in [4.69, 9.17) is 58.5 Å². The van der Waals surface area contributed by atoms with Crippen molar-refractivity contribution < 1.29 is 57.2 Å². The molecule has 0 aromatic heterocycles. The molecule has 2 heterocycles. The number of hydrogen-bond acceptors (Lipinski definition) is 13. The van der Waals surface area contributed by atoms with Crippen LogP contribution in [0.15, 0.2) is 90.1 Å². The van der Waals surface area contributed by atoms with Crippen molar-refractivity contribution in [3.63, 3.8) is 0 Å². The molecule has 3 aromatic rings. The first kappa shape index (κ1) is 40.9. The first-order valence-electron chi connectivity index (χ1n) is 16.0. The molecule has 19 heteroatoms. The molecule has 0 spiro atoms. The molecular weight excluding hydrogens is 805 g/mol. The van der Waals surface area contributed by atoms with Crippen LogP contribution >= 0.6 is 46.6 Å². The number of β-lactam (4-membered cyclic amide) rings is 1. The van der Waals surface area contributed by atoms with Crippen LogP contribution in [0.25, 0.3) is 0 Å². The van der Waals surface area contributed by atoms with Gasteiger partial charge in [0.25, 0.3) is 5.91 Å². The second kappa shape index (κ2) is 17.5. The van der Waals surface area contributed by atoms with E-state index in [9.17, 15) is 33.6 Å². The summed E-state index contributed by atoms with van der Waals surface area (Å²) in [5.41, 5.74) is -1.21. The lowest BCUT2D eigenvalue weighted by Crippen LogP contribution is -2.85. The number of rotatable bonds is 13. The van der Waals surface area contributed by atoms with Crippen molar-refractivity contribution in [2.24, 2.45) is 0 Å². The summed E-state index contributed by atoms with van der Waals surface area (Å²) in [6.07, 6.45) is -2.00. The molecule has 55 heavy (non-hydrogen) atoms. The molecule has 2 aliphatic heterocycles. The topological polar surface area (TPSA) is 193 Å². The van der Waals surface area contributed by atoms with Crippen molar-refractivity contribution in [2.75, 3.05) is 19.0 Å². The summed E-state index contributed by atoms with van der Waals surface area (Å²) >= 11 is 18.1. The second-order valence-corrected chi connectivity index (χ2v) is 15.3. The molecule has 288 valence electrons. The predicted octanol–water partition coefficient (Wildman–Crippen LogP) is 4.73. The molecule has 2 N–H and O–H groups in total. The quantitative estimate of drug-likeness (QED) is 0.0457. The maximum Gasteiger partial charge on any atom is 0.409 e. The fraction of sp³-hybridized carbons (Fsp3) is 0.250. The standard InChI is InChI=1S/C36H30Cl3N3O12S/c1-20(44)52-26-14-13-24(15-27(26)53-21(2)45)30(46)50-16-25-17-55-33-36(40-19-43,41-34(49)51-18-35(37,38)39)32(48)42(33)28(25)31(47)54-29(22-9-5-3-6-10-22)23-11-7-4-8-12-23/h3-15,19,29,33H,16-18H2,1-2H3,(H,40,43)(H,41,49)/t33-,36-/m1/s1. The number of alkyl halides is 3. The van der Waals surface area contributed by atoms with Gasteiger partial charge in [-0.15, -0.1) is 11.8 Å². The summed E-state index contributed by atoms with van der Waals surface area (Å²) in [6, 6.07) is 21.2. The Hall–Kier alpha value is -5.29. The molecule has 1 fully saturated rings. The number of halogens is 3. The molecule has 5 rings (SSSR count). The van der Waals surface area contributed by atoms with Gasteiger partial charge < -0.3 is 29.0 Å². The van der Waals surface area contributed by atoms with Gasteiger partial charge in [0.15, 0.2) is 17.6 Å². The van der Waals surface area contributed by atoms with E-state index in [0.29, 0.717) is 11.1 Å². The number of benzene rings is 3. The van der Waals surface area contributed by atoms with Gasteiger partial charge in [0.1, 0.15) is 24.3 Å². The lowest BCUT2D eigenvalue weighted by Gasteiger charge is -2.56. The maximum atomic E-state index is 14.3. The van der Waals surface area contributed by atoms with Gasteiger partial charge in [0, 0.05) is 25.2 Å². The van der Waals surface area contributed by atoms with Crippen LogP contribution in [0.2, 0.25) is 0 Å². The molecule has 2 atom stereocenters. The van der Waals surface area contributed by atoms with E-state index in [1.54, 1.807) is 60.7 Å². The zero-order valence-corrected chi connectivity index (χ0v) is 31.8. The van der Waals surface area contributed by atoms with Gasteiger partial charge in [-0.2, -0.15) is 0 Å². The maximum absolute atomic E-state index is 14.3. The average molecular weight is 835 g/mol. The average Bonchev–Trinajstić information content (AvgIpc) is 3.15. The van der Waals surface area contributed by atoms with Crippen molar-refractivity contribution in [2.45, 2.75) is 34.8 Å². The highest BCUT2D eigenvalue weighted by molar-refractivity contribution is 8.00. The lowest BCUT2D eigenvalue weighted by molar-refractivity contribution is -0.162. The number of thioether (sulfide) groups is 1. The summed E-state index contributed by atoms with van der Waals surface area (Å²) in [5.74, 6) is -4.79. The van der Waals surface area contributed by atoms with Crippen LogP contribution in [0.3, 0.4) is 0 Å². The summed E-state index contributed by atoms with van der Waals surface area (Å²) in [6.45, 7) is 1.01. The van der Waals surface area contributed by atoms with E-state index in [0.717, 1.165) is 36.6 Å². The Morgan fingerprint density at radius 3 is 2.05 bits per heavy atom. The Morgan fingerprint density at radius 1 is 0.891 bits per heavy atom. The highest BCUT2D eigenvalue weighted by Crippen LogP contribution is 2.46. The fourth-order valence-corrected chi connectivity index (χ4v) is 7.10. The normalized spacial score (nSPS) is 17.6. The summed E-state index contributed by atoms with van der Waals surface area (Å²) in [4.78, 5) is 90.5. The third-order valence-electron chi connectivity index (χ3n) is 7.79. The molecule has 2 aliphatic rings. The molecule has 1 saturated heterocycles. The molecule has 0 bridgehead atoms. The zero-order chi connectivity index (χ0) is 39.9. The van der Waals surface area contributed by atoms with E-state index in [2.05, 4.69) is 10.6 Å². The molecule has 0 aliphatic carbocycles. The van der Waals surface area contributed by atoms with E-state index in [1.165, 1.54) is 12.1 Å². The zero-order valence-electron chi connectivity index (χ0n) is 28.7. The smallest absolute Gasteiger partial charge is 0.409 e. The van der Waals surface area contributed by atoms with Gasteiger partial charge in [-0.1, -0.05) is 95.5 Å². The van der Waals surface area contributed by atoms with Crippen LogP contribution in [-0.4, -0.2) is 81.0 Å². The number of alkyl carbamates (subject to hydrolysis) is 1. The predicted molar refractivity (Wildman–Crippen MR) is 197 cm³/mol. The molecule has 3 amide bonds. The van der Waals surface area contributed by atoms with Gasteiger partial charge in [-0.3, -0.25) is 29.4 Å². The van der Waals surface area contributed by atoms with Gasteiger partial charge in [-0.25, -0.2) is 14.4 Å². The minimum Gasteiger partial charge on any atom is -0.457 e. The third kappa shape index (κ3) is 9.69. The molecular formula is C36H30Cl3N3O12S. The van der Waals surface area contributed by atoms with Crippen molar-refractivity contribution in [1.29, 1.82) is 0 Å². The highest BCUT2D eigenvalue weighted by Gasteiger charge is 2.66. The summed E-state index contributed by atoms with van der Waals surface area (Å²) in [5, 5.41) is 3.48. The number of nitrogens with one attached hydrogen (secondary N) is 2. The van der Waals surface area contributed by atoms with E-state index >= 15 is 0 Å². The first-order chi connectivity index (χ1) is 26.1. The Balaban J connectivity index is 1.49. The van der Waals surface area contributed by atoms with Gasteiger partial charge >= 0.3 is 30.0 Å². The molecule has 3 aromatic carbocycles. The van der Waals surface area contributed by atoms with Crippen molar-refractivity contribution >= 4 is 88.9 Å². The molecule has 0 radical (unpaired) electrons. The Morgan fingerprint density at radius 2 is 1.49 bits per heavy atom. The van der Waals surface area contributed by atoms with Crippen LogP contribution in [0.1, 0.15) is 41.4 Å². The highest BCUT2D eigenvalue weighted by atomic mass is 35.6. The monoisotopic (exact) mass is 833 g/mol. The SMILES string of the molecule is CC(=O)Oc1ccc(C(=O)OCC2=C(C(=O)OC(c3ccccc3)c3ccccc3)N3C(=O)[C@@](NC=O)(NC(=O)OCC(Cl)(Cl)Cl)[C@H]3SC2)cc1OC(C)=O. The van der Waals surface area contributed by atoms with Crippen LogP contribution in [0, 0.1) is 0 Å². The van der Waals surface area contributed by atoms with E-state index < -0.39 is 70.0 Å². The Kier molecular flexibility index (Phi) is 13.0. The molecule has 0 saturated carbocycles. The van der Waals surface area contributed by atoms with Crippen molar-refractivity contribution in [1.82, 2.24) is 15.5 Å². The largest absolute Gasteiger partial charge is 0.457 e. The summed E-state index contributed by atoms with van der Waals surface area (Å²) in [7, 11) is 0. The minimum absolute atomic E-state index is 0.0786. The molecule has 15 nitrogen and oxygen atoms in total. The van der Waals surface area contributed by atoms with E-state index in [1.807, 2.05) is 0 Å². The third-order valence-corrected chi connectivity index (χ3v) is 9.51. The fourth-order valence-electron chi connectivity index (χ4n) is 5.53. The van der Waals surface area contributed by atoms with Crippen LogP contribution in [0.5, 0.6) is 11.5 Å². The van der Waals surface area contributed by atoms with Crippen LogP contribution in [0.4, 0.5) is 4.79 Å². The van der Waals surface area contributed by atoms with Crippen molar-refractivity contribution in [3.05, 3.63) is 107 Å². The number of hydrogen-bond donors (Lipinski definition) is 2. The second-order valence-electron chi connectivity index (χ2n) is 11.7. The number of ether oxygens (including phenoxy) is 5. The number of carbonyl (C=O) groups is 7. The van der Waals surface area contributed by atoms with Crippen LogP contribution < -0.4 is 20.1 Å². The number of carbonyl (C=O) groups excluding carboxylic acids is 7. The minimum atomic E-state index is -2.11. The summed E-state index contributed by atoms with van der Waals surface area (Å²) < 4.78 is 24.8. The van der Waals surface area contributed by atoms with Gasteiger partial charge in [0.05, 0.1) is 5.56 Å². The van der Waals surface area contributed by atoms with Gasteiger partial charge in [-0.05, 0) is 29.3 Å². The Labute approximate surface area is 332 Å². The van der Waals surface area contributed by atoms with Gasteiger partial charge in [0.2, 0.25) is 15.9 Å². The molecule has 0 unspecified atom stereocenters. The van der Waals surface area contributed by atoms with E-state index in [-0.39, 0.29) is 40.5 Å². The first-order valence-corrected chi connectivity index (χ1v) is 18.2. The number of esters is 4. The number of amides is 3. The number of nitrogens with zero attached hydrogens (tertiary/aromatic N) is 1. The number of fused-ring (bicyclic) bond motifs is 1. The lowest BCUT2D eigenvalue weighted by atomic mass is 9.95.